The van der Waals surface area contributed by atoms with Crippen LogP contribution in [0, 0.1) is 11.3 Å². The first kappa shape index (κ1) is 11.9. The maximum Gasteiger partial charge on any atom is 0.239 e. The number of nitrogens with one attached hydrogen (secondary N) is 1. The minimum atomic E-state index is 0.0845. The largest absolute Gasteiger partial charge is 0.341 e. The van der Waals surface area contributed by atoms with Crippen LogP contribution in [-0.2, 0) is 4.79 Å². The van der Waals surface area contributed by atoms with E-state index in [9.17, 15) is 4.79 Å². The van der Waals surface area contributed by atoms with E-state index < -0.39 is 0 Å². The Labute approximate surface area is 98.6 Å². The van der Waals surface area contributed by atoms with Crippen LogP contribution in [0.3, 0.4) is 0 Å². The van der Waals surface area contributed by atoms with Crippen LogP contribution in [0.4, 0.5) is 0 Å². The predicted octanol–water partition coefficient (Wildman–Crippen LogP) is 1.63. The molecule has 2 heterocycles. The summed E-state index contributed by atoms with van der Waals surface area (Å²) in [4.78, 5) is 14.3. The molecule has 1 N–H and O–H groups in total. The zero-order valence-corrected chi connectivity index (χ0v) is 10.8. The maximum absolute atomic E-state index is 12.3. The van der Waals surface area contributed by atoms with Gasteiger partial charge in [0, 0.05) is 13.1 Å². The summed E-state index contributed by atoms with van der Waals surface area (Å²) in [6, 6.07) is 0.0845. The van der Waals surface area contributed by atoms with Crippen molar-refractivity contribution in [2.24, 2.45) is 11.3 Å². The Bertz CT molecular complexity index is 265. The molecule has 2 saturated heterocycles. The molecule has 2 atom stereocenters. The first-order valence-electron chi connectivity index (χ1n) is 6.52. The van der Waals surface area contributed by atoms with Crippen molar-refractivity contribution >= 4 is 5.91 Å². The lowest BCUT2D eigenvalue weighted by Gasteiger charge is -2.38. The smallest absolute Gasteiger partial charge is 0.239 e. The maximum atomic E-state index is 12.3. The minimum absolute atomic E-state index is 0.0845. The van der Waals surface area contributed by atoms with Gasteiger partial charge in [-0.3, -0.25) is 4.79 Å². The Morgan fingerprint density at radius 2 is 1.94 bits per heavy atom. The van der Waals surface area contributed by atoms with Gasteiger partial charge in [-0.05, 0) is 37.1 Å². The first-order chi connectivity index (χ1) is 7.49. The molecule has 2 fully saturated rings. The summed E-state index contributed by atoms with van der Waals surface area (Å²) >= 11 is 0. The SMILES string of the molecule is CC1CCNC1C(=O)N1CCC(C)(C)CC1. The van der Waals surface area contributed by atoms with E-state index >= 15 is 0 Å². The molecule has 16 heavy (non-hydrogen) atoms. The van der Waals surface area contributed by atoms with Crippen LogP contribution in [0.25, 0.3) is 0 Å². The molecule has 2 aliphatic rings. The second kappa shape index (κ2) is 4.36. The number of amides is 1. The fraction of sp³-hybridized carbons (Fsp3) is 0.923. The second-order valence-electron chi connectivity index (χ2n) is 6.19. The van der Waals surface area contributed by atoms with Crippen molar-refractivity contribution in [3.63, 3.8) is 0 Å². The molecule has 0 radical (unpaired) electrons. The summed E-state index contributed by atoms with van der Waals surface area (Å²) in [5.74, 6) is 0.836. The monoisotopic (exact) mass is 224 g/mol. The lowest BCUT2D eigenvalue weighted by Crippen LogP contribution is -2.49. The lowest BCUT2D eigenvalue weighted by molar-refractivity contribution is -0.136. The van der Waals surface area contributed by atoms with Crippen molar-refractivity contribution < 1.29 is 4.79 Å². The topological polar surface area (TPSA) is 32.3 Å². The van der Waals surface area contributed by atoms with Gasteiger partial charge in [0.2, 0.25) is 5.91 Å². The molecule has 0 aromatic rings. The molecule has 0 saturated carbocycles. The molecule has 92 valence electrons. The van der Waals surface area contributed by atoms with Gasteiger partial charge in [0.1, 0.15) is 0 Å². The molecule has 3 heteroatoms. The molecule has 3 nitrogen and oxygen atoms in total. The van der Waals surface area contributed by atoms with Crippen LogP contribution < -0.4 is 5.32 Å². The Hall–Kier alpha value is -0.570. The molecule has 0 aliphatic carbocycles. The molecule has 0 aromatic carbocycles. The van der Waals surface area contributed by atoms with Gasteiger partial charge in [-0.15, -0.1) is 0 Å². The molecule has 1 amide bonds. The van der Waals surface area contributed by atoms with Crippen molar-refractivity contribution in [3.8, 4) is 0 Å². The third kappa shape index (κ3) is 2.40. The molecular formula is C13H24N2O. The molecule has 0 aromatic heterocycles. The summed E-state index contributed by atoms with van der Waals surface area (Å²) in [6.45, 7) is 9.65. The van der Waals surface area contributed by atoms with Gasteiger partial charge in [0.15, 0.2) is 0 Å². The zero-order valence-electron chi connectivity index (χ0n) is 10.8. The number of rotatable bonds is 1. The van der Waals surface area contributed by atoms with E-state index in [1.807, 2.05) is 0 Å². The van der Waals surface area contributed by atoms with Crippen LogP contribution in [0.5, 0.6) is 0 Å². The van der Waals surface area contributed by atoms with Crippen LogP contribution >= 0.6 is 0 Å². The predicted molar refractivity (Wildman–Crippen MR) is 65.2 cm³/mol. The van der Waals surface area contributed by atoms with Gasteiger partial charge >= 0.3 is 0 Å². The molecule has 0 bridgehead atoms. The highest BCUT2D eigenvalue weighted by Gasteiger charge is 2.35. The Morgan fingerprint density at radius 1 is 1.31 bits per heavy atom. The van der Waals surface area contributed by atoms with Gasteiger partial charge in [-0.25, -0.2) is 0 Å². The normalized spacial score (nSPS) is 34.1. The fourth-order valence-corrected chi connectivity index (χ4v) is 2.69. The quantitative estimate of drug-likeness (QED) is 0.734. The van der Waals surface area contributed by atoms with Crippen molar-refractivity contribution in [1.29, 1.82) is 0 Å². The summed E-state index contributed by atoms with van der Waals surface area (Å²) in [5, 5.41) is 3.33. The van der Waals surface area contributed by atoms with Gasteiger partial charge in [-0.1, -0.05) is 20.8 Å². The molecule has 2 aliphatic heterocycles. The summed E-state index contributed by atoms with van der Waals surface area (Å²) in [5.41, 5.74) is 0.422. The third-order valence-electron chi connectivity index (χ3n) is 4.23. The Kier molecular flexibility index (Phi) is 3.24. The van der Waals surface area contributed by atoms with Gasteiger partial charge in [-0.2, -0.15) is 0 Å². The summed E-state index contributed by atoms with van der Waals surface area (Å²) in [6.07, 6.45) is 3.41. The lowest BCUT2D eigenvalue weighted by atomic mass is 9.82. The fourth-order valence-electron chi connectivity index (χ4n) is 2.69. The second-order valence-corrected chi connectivity index (χ2v) is 6.19. The van der Waals surface area contributed by atoms with Crippen LogP contribution in [0.1, 0.15) is 40.0 Å². The van der Waals surface area contributed by atoms with Crippen molar-refractivity contribution in [1.82, 2.24) is 10.2 Å². The van der Waals surface area contributed by atoms with E-state index in [-0.39, 0.29) is 6.04 Å². The zero-order chi connectivity index (χ0) is 11.8. The number of carbonyl (C=O) groups is 1. The molecular weight excluding hydrogens is 200 g/mol. The van der Waals surface area contributed by atoms with Crippen molar-refractivity contribution in [3.05, 3.63) is 0 Å². The van der Waals surface area contributed by atoms with Crippen LogP contribution in [0.15, 0.2) is 0 Å². The number of carbonyl (C=O) groups excluding carboxylic acids is 1. The molecule has 2 unspecified atom stereocenters. The van der Waals surface area contributed by atoms with Crippen LogP contribution in [-0.4, -0.2) is 36.5 Å². The number of hydrogen-bond acceptors (Lipinski definition) is 2. The van der Waals surface area contributed by atoms with E-state index in [2.05, 4.69) is 31.0 Å². The van der Waals surface area contributed by atoms with E-state index in [1.54, 1.807) is 0 Å². The standard InChI is InChI=1S/C13H24N2O/c1-10-4-7-14-11(10)12(16)15-8-5-13(2,3)6-9-15/h10-11,14H,4-9H2,1-3H3. The van der Waals surface area contributed by atoms with E-state index in [0.29, 0.717) is 17.2 Å². The number of likely N-dealkylation sites (tertiary alicyclic amines) is 1. The number of piperidine rings is 1. The molecule has 0 spiro atoms. The number of hydrogen-bond donors (Lipinski definition) is 1. The average molecular weight is 224 g/mol. The highest BCUT2D eigenvalue weighted by atomic mass is 16.2. The van der Waals surface area contributed by atoms with Crippen molar-refractivity contribution in [2.75, 3.05) is 19.6 Å². The highest BCUT2D eigenvalue weighted by molar-refractivity contribution is 5.82. The van der Waals surface area contributed by atoms with E-state index in [0.717, 1.165) is 38.9 Å². The van der Waals surface area contributed by atoms with E-state index in [4.69, 9.17) is 0 Å². The number of nitrogens with zero attached hydrogens (tertiary/aromatic N) is 1. The summed E-state index contributed by atoms with van der Waals surface area (Å²) in [7, 11) is 0. The highest BCUT2D eigenvalue weighted by Crippen LogP contribution is 2.30. The summed E-state index contributed by atoms with van der Waals surface area (Å²) < 4.78 is 0. The first-order valence-corrected chi connectivity index (χ1v) is 6.52. The van der Waals surface area contributed by atoms with Crippen LogP contribution in [0.2, 0.25) is 0 Å². The molecule has 2 rings (SSSR count). The Balaban J connectivity index is 1.91. The third-order valence-corrected chi connectivity index (χ3v) is 4.23. The van der Waals surface area contributed by atoms with Gasteiger partial charge < -0.3 is 10.2 Å². The Morgan fingerprint density at radius 3 is 2.44 bits per heavy atom. The van der Waals surface area contributed by atoms with Gasteiger partial charge in [0.05, 0.1) is 6.04 Å². The van der Waals surface area contributed by atoms with Crippen molar-refractivity contribution in [2.45, 2.75) is 46.1 Å². The average Bonchev–Trinajstić information content (AvgIpc) is 2.63. The minimum Gasteiger partial charge on any atom is -0.341 e. The van der Waals surface area contributed by atoms with E-state index in [1.165, 1.54) is 0 Å². The van der Waals surface area contributed by atoms with Gasteiger partial charge in [0.25, 0.3) is 0 Å².